The van der Waals surface area contributed by atoms with Crippen LogP contribution >= 0.6 is 0 Å². The molecular formula is C36H29N2+. The minimum absolute atomic E-state index is 1.05. The standard InChI is InChI=1S/C36H29N2/c1-26-11-3-5-17-32(26)28-13-9-15-30(23-28)34-19-7-8-20-35(34)38-22-21-37-25-36(38)31-16-10-14-29(24-31)33-18-6-4-12-27(33)2/h3-25H,1-2H3/q+1. The molecule has 0 aliphatic carbocycles. The largest absolute Gasteiger partial charge is 0.251 e. The molecule has 0 radical (unpaired) electrons. The van der Waals surface area contributed by atoms with Crippen LogP contribution in [0, 0.1) is 13.8 Å². The Balaban J connectivity index is 1.47. The van der Waals surface area contributed by atoms with Gasteiger partial charge in [-0.05, 0) is 77.1 Å². The molecule has 0 atom stereocenters. The Morgan fingerprint density at radius 2 is 1.00 bits per heavy atom. The zero-order valence-corrected chi connectivity index (χ0v) is 21.7. The molecular weight excluding hydrogens is 460 g/mol. The highest BCUT2D eigenvalue weighted by molar-refractivity contribution is 5.78. The summed E-state index contributed by atoms with van der Waals surface area (Å²) < 4.78 is 2.25. The Labute approximate surface area is 224 Å². The molecule has 1 heterocycles. The third-order valence-corrected chi connectivity index (χ3v) is 7.17. The van der Waals surface area contributed by atoms with E-state index in [1.165, 1.54) is 44.5 Å². The van der Waals surface area contributed by atoms with Gasteiger partial charge in [0.25, 0.3) is 0 Å². The zero-order valence-electron chi connectivity index (χ0n) is 21.7. The lowest BCUT2D eigenvalue weighted by molar-refractivity contribution is -0.583. The first kappa shape index (κ1) is 23.6. The smallest absolute Gasteiger partial charge is 0.236 e. The number of rotatable bonds is 5. The molecule has 0 saturated carbocycles. The Morgan fingerprint density at radius 1 is 0.500 bits per heavy atom. The predicted molar refractivity (Wildman–Crippen MR) is 157 cm³/mol. The quantitative estimate of drug-likeness (QED) is 0.221. The van der Waals surface area contributed by atoms with Crippen LogP contribution in [0.2, 0.25) is 0 Å². The first-order valence-electron chi connectivity index (χ1n) is 13.0. The number of benzene rings is 5. The second-order valence-corrected chi connectivity index (χ2v) is 9.64. The van der Waals surface area contributed by atoms with Crippen LogP contribution in [0.15, 0.2) is 140 Å². The van der Waals surface area contributed by atoms with Crippen molar-refractivity contribution in [1.29, 1.82) is 0 Å². The highest BCUT2D eigenvalue weighted by Gasteiger charge is 2.21. The average molecular weight is 490 g/mol. The van der Waals surface area contributed by atoms with Crippen molar-refractivity contribution in [3.63, 3.8) is 0 Å². The van der Waals surface area contributed by atoms with Crippen molar-refractivity contribution in [1.82, 2.24) is 4.98 Å². The van der Waals surface area contributed by atoms with Gasteiger partial charge in [-0.3, -0.25) is 4.98 Å². The minimum atomic E-state index is 1.05. The number of nitrogens with zero attached hydrogens (tertiary/aromatic N) is 2. The molecule has 0 saturated heterocycles. The van der Waals surface area contributed by atoms with Crippen molar-refractivity contribution >= 4 is 0 Å². The van der Waals surface area contributed by atoms with Crippen LogP contribution in [0.5, 0.6) is 0 Å². The molecule has 0 bridgehead atoms. The van der Waals surface area contributed by atoms with Gasteiger partial charge >= 0.3 is 0 Å². The van der Waals surface area contributed by atoms with E-state index in [9.17, 15) is 0 Å². The Hall–Kier alpha value is -4.82. The van der Waals surface area contributed by atoms with Crippen LogP contribution in [-0.4, -0.2) is 4.98 Å². The van der Waals surface area contributed by atoms with Crippen molar-refractivity contribution < 1.29 is 4.57 Å². The van der Waals surface area contributed by atoms with Gasteiger partial charge in [0, 0.05) is 11.6 Å². The van der Waals surface area contributed by atoms with E-state index in [-0.39, 0.29) is 0 Å². The van der Waals surface area contributed by atoms with Crippen LogP contribution in [0.3, 0.4) is 0 Å². The van der Waals surface area contributed by atoms with Crippen molar-refractivity contribution in [3.8, 4) is 50.3 Å². The molecule has 2 nitrogen and oxygen atoms in total. The van der Waals surface area contributed by atoms with E-state index >= 15 is 0 Å². The maximum absolute atomic E-state index is 4.51. The Morgan fingerprint density at radius 3 is 1.63 bits per heavy atom. The molecule has 6 aromatic rings. The summed E-state index contributed by atoms with van der Waals surface area (Å²) in [6.45, 7) is 4.33. The average Bonchev–Trinajstić information content (AvgIpc) is 2.98. The van der Waals surface area contributed by atoms with Crippen LogP contribution in [0.25, 0.3) is 50.3 Å². The lowest BCUT2D eigenvalue weighted by atomic mass is 9.95. The number of hydrogen-bond acceptors (Lipinski definition) is 1. The summed E-state index contributed by atoms with van der Waals surface area (Å²) in [5.41, 5.74) is 13.1. The lowest BCUT2D eigenvalue weighted by Gasteiger charge is -2.11. The van der Waals surface area contributed by atoms with Gasteiger partial charge in [-0.2, -0.15) is 4.57 Å². The minimum Gasteiger partial charge on any atom is -0.251 e. The molecule has 0 aliphatic heterocycles. The second kappa shape index (κ2) is 10.3. The summed E-state index contributed by atoms with van der Waals surface area (Å²) in [4.78, 5) is 4.51. The normalized spacial score (nSPS) is 10.9. The number of aromatic nitrogens is 2. The highest BCUT2D eigenvalue weighted by Crippen LogP contribution is 2.32. The van der Waals surface area contributed by atoms with E-state index in [0.29, 0.717) is 0 Å². The third-order valence-electron chi connectivity index (χ3n) is 7.17. The predicted octanol–water partition coefficient (Wildman–Crippen LogP) is 8.64. The summed E-state index contributed by atoms with van der Waals surface area (Å²) in [7, 11) is 0. The van der Waals surface area contributed by atoms with Crippen molar-refractivity contribution in [3.05, 3.63) is 151 Å². The maximum Gasteiger partial charge on any atom is 0.236 e. The van der Waals surface area contributed by atoms with Gasteiger partial charge in [-0.15, -0.1) is 0 Å². The van der Waals surface area contributed by atoms with Gasteiger partial charge in [0.2, 0.25) is 11.4 Å². The molecule has 38 heavy (non-hydrogen) atoms. The van der Waals surface area contributed by atoms with E-state index in [0.717, 1.165) is 16.9 Å². The monoisotopic (exact) mass is 489 g/mol. The number of hydrogen-bond donors (Lipinski definition) is 0. The van der Waals surface area contributed by atoms with Crippen molar-refractivity contribution in [2.45, 2.75) is 13.8 Å². The maximum atomic E-state index is 4.51. The molecule has 1 aromatic heterocycles. The number of para-hydroxylation sites is 1. The van der Waals surface area contributed by atoms with Crippen LogP contribution < -0.4 is 4.57 Å². The van der Waals surface area contributed by atoms with E-state index in [2.05, 4.69) is 151 Å². The van der Waals surface area contributed by atoms with Gasteiger partial charge < -0.3 is 0 Å². The fourth-order valence-corrected chi connectivity index (χ4v) is 5.21. The first-order chi connectivity index (χ1) is 18.7. The number of aryl methyl sites for hydroxylation is 2. The third kappa shape index (κ3) is 4.53. The molecule has 0 N–H and O–H groups in total. The van der Waals surface area contributed by atoms with E-state index in [4.69, 9.17) is 0 Å². The van der Waals surface area contributed by atoms with E-state index in [1.807, 2.05) is 12.4 Å². The summed E-state index contributed by atoms with van der Waals surface area (Å²) in [6.07, 6.45) is 5.87. The fourth-order valence-electron chi connectivity index (χ4n) is 5.21. The molecule has 0 amide bonds. The molecule has 5 aromatic carbocycles. The highest BCUT2D eigenvalue weighted by atomic mass is 15.0. The molecule has 182 valence electrons. The molecule has 0 aliphatic rings. The Bertz CT molecular complexity index is 1620. The lowest BCUT2D eigenvalue weighted by Crippen LogP contribution is -2.34. The summed E-state index contributed by atoms with van der Waals surface area (Å²) in [6, 6.07) is 43.2. The molecule has 2 heteroatoms. The van der Waals surface area contributed by atoms with Gasteiger partial charge in [-0.1, -0.05) is 91.0 Å². The van der Waals surface area contributed by atoms with Gasteiger partial charge in [-0.25, -0.2) is 0 Å². The fraction of sp³-hybridized carbons (Fsp3) is 0.0556. The Kier molecular flexibility index (Phi) is 6.37. The second-order valence-electron chi connectivity index (χ2n) is 9.64. The summed E-state index contributed by atoms with van der Waals surface area (Å²) in [5.74, 6) is 0. The van der Waals surface area contributed by atoms with Crippen LogP contribution in [-0.2, 0) is 0 Å². The molecule has 6 rings (SSSR count). The van der Waals surface area contributed by atoms with Crippen molar-refractivity contribution in [2.24, 2.45) is 0 Å². The molecule has 0 unspecified atom stereocenters. The van der Waals surface area contributed by atoms with Gasteiger partial charge in [0.15, 0.2) is 6.20 Å². The summed E-state index contributed by atoms with van der Waals surface area (Å²) >= 11 is 0. The zero-order chi connectivity index (χ0) is 25.9. The van der Waals surface area contributed by atoms with Crippen LogP contribution in [0.4, 0.5) is 0 Å². The SMILES string of the molecule is Cc1ccccc1-c1cccc(-c2ccccc2-[n+]2ccncc2-c2cccc(-c3ccccc3C)c2)c1. The summed E-state index contributed by atoms with van der Waals surface area (Å²) in [5, 5.41) is 0. The van der Waals surface area contributed by atoms with Gasteiger partial charge in [0.1, 0.15) is 0 Å². The molecule has 0 fully saturated rings. The first-order valence-corrected chi connectivity index (χ1v) is 13.0. The van der Waals surface area contributed by atoms with Gasteiger partial charge in [0.05, 0.1) is 18.0 Å². The van der Waals surface area contributed by atoms with E-state index < -0.39 is 0 Å². The molecule has 0 spiro atoms. The van der Waals surface area contributed by atoms with Crippen LogP contribution in [0.1, 0.15) is 11.1 Å². The van der Waals surface area contributed by atoms with Crippen molar-refractivity contribution in [2.75, 3.05) is 0 Å². The topological polar surface area (TPSA) is 16.8 Å². The van der Waals surface area contributed by atoms with E-state index in [1.54, 1.807) is 0 Å².